The molecule has 20 heavy (non-hydrogen) atoms. The molecule has 0 heterocycles. The summed E-state index contributed by atoms with van der Waals surface area (Å²) < 4.78 is 11.0. The first-order valence-electron chi connectivity index (χ1n) is 7.00. The van der Waals surface area contributed by atoms with Gasteiger partial charge in [0.25, 0.3) is 0 Å². The van der Waals surface area contributed by atoms with Crippen LogP contribution in [0.25, 0.3) is 0 Å². The molecule has 0 aromatic heterocycles. The fourth-order valence-corrected chi connectivity index (χ4v) is 1.74. The third-order valence-corrected chi connectivity index (χ3v) is 3.12. The van der Waals surface area contributed by atoms with Crippen LogP contribution in [0.1, 0.15) is 23.2 Å². The van der Waals surface area contributed by atoms with E-state index in [-0.39, 0.29) is 5.56 Å². The van der Waals surface area contributed by atoms with Gasteiger partial charge in [0, 0.05) is 19.7 Å². The van der Waals surface area contributed by atoms with Crippen molar-refractivity contribution in [3.63, 3.8) is 0 Å². The van der Waals surface area contributed by atoms with Crippen LogP contribution in [0.15, 0.2) is 24.3 Å². The van der Waals surface area contributed by atoms with Crippen molar-refractivity contribution in [1.29, 1.82) is 0 Å². The zero-order valence-corrected chi connectivity index (χ0v) is 11.5. The molecule has 1 aromatic carbocycles. The summed E-state index contributed by atoms with van der Waals surface area (Å²) in [6.07, 6.45) is 2.64. The monoisotopic (exact) mass is 279 g/mol. The lowest BCUT2D eigenvalue weighted by Gasteiger charge is -2.08. The van der Waals surface area contributed by atoms with Crippen molar-refractivity contribution < 1.29 is 19.4 Å². The SMILES string of the molecule is O=C(O)c1ccc(OCCNCCOCC2CC2)cc1. The third kappa shape index (κ3) is 5.59. The molecule has 5 heteroatoms. The molecule has 0 radical (unpaired) electrons. The maximum atomic E-state index is 10.7. The predicted molar refractivity (Wildman–Crippen MR) is 75.3 cm³/mol. The molecule has 110 valence electrons. The molecule has 1 aromatic rings. The molecular weight excluding hydrogens is 258 g/mol. The van der Waals surface area contributed by atoms with Crippen LogP contribution in [-0.4, -0.2) is 44.0 Å². The van der Waals surface area contributed by atoms with Gasteiger partial charge in [-0.25, -0.2) is 4.79 Å². The van der Waals surface area contributed by atoms with Gasteiger partial charge in [-0.1, -0.05) is 0 Å². The van der Waals surface area contributed by atoms with E-state index >= 15 is 0 Å². The van der Waals surface area contributed by atoms with Crippen molar-refractivity contribution in [2.24, 2.45) is 5.92 Å². The highest BCUT2D eigenvalue weighted by molar-refractivity contribution is 5.87. The number of carboxylic acids is 1. The smallest absolute Gasteiger partial charge is 0.335 e. The topological polar surface area (TPSA) is 67.8 Å². The second kappa shape index (κ2) is 7.87. The van der Waals surface area contributed by atoms with Crippen LogP contribution in [0, 0.1) is 5.92 Å². The Hall–Kier alpha value is -1.59. The fourth-order valence-electron chi connectivity index (χ4n) is 1.74. The molecule has 0 bridgehead atoms. The number of hydrogen-bond donors (Lipinski definition) is 2. The molecule has 1 fully saturated rings. The van der Waals surface area contributed by atoms with Crippen molar-refractivity contribution in [2.45, 2.75) is 12.8 Å². The Bertz CT molecular complexity index is 414. The maximum Gasteiger partial charge on any atom is 0.335 e. The molecule has 0 atom stereocenters. The van der Waals surface area contributed by atoms with E-state index in [1.807, 2.05) is 0 Å². The van der Waals surface area contributed by atoms with E-state index in [9.17, 15) is 4.79 Å². The van der Waals surface area contributed by atoms with E-state index in [0.29, 0.717) is 12.4 Å². The van der Waals surface area contributed by atoms with E-state index in [1.165, 1.54) is 25.0 Å². The van der Waals surface area contributed by atoms with Gasteiger partial charge in [-0.05, 0) is 43.0 Å². The third-order valence-electron chi connectivity index (χ3n) is 3.12. The van der Waals surface area contributed by atoms with E-state index in [0.717, 1.165) is 32.2 Å². The summed E-state index contributed by atoms with van der Waals surface area (Å²) in [5.41, 5.74) is 0.267. The Morgan fingerprint density at radius 1 is 1.20 bits per heavy atom. The van der Waals surface area contributed by atoms with Gasteiger partial charge in [0.2, 0.25) is 0 Å². The maximum absolute atomic E-state index is 10.7. The van der Waals surface area contributed by atoms with E-state index in [4.69, 9.17) is 14.6 Å². The number of ether oxygens (including phenoxy) is 2. The molecule has 2 rings (SSSR count). The summed E-state index contributed by atoms with van der Waals surface area (Å²) in [4.78, 5) is 10.7. The van der Waals surface area contributed by atoms with Crippen LogP contribution in [-0.2, 0) is 4.74 Å². The molecule has 2 N–H and O–H groups in total. The number of carboxylic acid groups (broad SMARTS) is 1. The lowest BCUT2D eigenvalue weighted by atomic mass is 10.2. The van der Waals surface area contributed by atoms with Crippen molar-refractivity contribution in [2.75, 3.05) is 32.9 Å². The summed E-state index contributed by atoms with van der Waals surface area (Å²) in [5.74, 6) is 0.568. The highest BCUT2D eigenvalue weighted by atomic mass is 16.5. The van der Waals surface area contributed by atoms with Gasteiger partial charge in [-0.3, -0.25) is 0 Å². The van der Waals surface area contributed by atoms with Gasteiger partial charge in [-0.15, -0.1) is 0 Å². The lowest BCUT2D eigenvalue weighted by molar-refractivity contribution is 0.0697. The second-order valence-corrected chi connectivity index (χ2v) is 4.95. The average molecular weight is 279 g/mol. The molecule has 5 nitrogen and oxygen atoms in total. The molecule has 0 spiro atoms. The van der Waals surface area contributed by atoms with Gasteiger partial charge in [0.1, 0.15) is 12.4 Å². The molecule has 0 saturated heterocycles. The largest absolute Gasteiger partial charge is 0.492 e. The van der Waals surface area contributed by atoms with E-state index < -0.39 is 5.97 Å². The molecule has 0 aliphatic heterocycles. The lowest BCUT2D eigenvalue weighted by Crippen LogP contribution is -2.25. The molecule has 1 aliphatic carbocycles. The predicted octanol–water partition coefficient (Wildman–Crippen LogP) is 1.78. The number of aromatic carboxylic acids is 1. The minimum atomic E-state index is -0.926. The molecule has 0 amide bonds. The van der Waals surface area contributed by atoms with Gasteiger partial charge in [0.15, 0.2) is 0 Å². The molecule has 1 aliphatic rings. The van der Waals surface area contributed by atoms with Gasteiger partial charge in [-0.2, -0.15) is 0 Å². The average Bonchev–Trinajstić information content (AvgIpc) is 3.26. The van der Waals surface area contributed by atoms with Crippen molar-refractivity contribution >= 4 is 5.97 Å². The minimum absolute atomic E-state index is 0.267. The molecule has 0 unspecified atom stereocenters. The van der Waals surface area contributed by atoms with Crippen LogP contribution in [0.5, 0.6) is 5.75 Å². The standard InChI is InChI=1S/C15H21NO4/c17-15(18)13-3-5-14(6-4-13)20-10-8-16-7-9-19-11-12-1-2-12/h3-6,12,16H,1-2,7-11H2,(H,17,18). The minimum Gasteiger partial charge on any atom is -0.492 e. The first kappa shape index (κ1) is 14.8. The highest BCUT2D eigenvalue weighted by Crippen LogP contribution is 2.28. The normalized spacial score (nSPS) is 14.2. The van der Waals surface area contributed by atoms with Crippen molar-refractivity contribution in [3.8, 4) is 5.75 Å². The zero-order valence-electron chi connectivity index (χ0n) is 11.5. The summed E-state index contributed by atoms with van der Waals surface area (Å²) in [6.45, 7) is 3.76. The van der Waals surface area contributed by atoms with Crippen LogP contribution in [0.2, 0.25) is 0 Å². The zero-order chi connectivity index (χ0) is 14.2. The van der Waals surface area contributed by atoms with Crippen LogP contribution < -0.4 is 10.1 Å². The Labute approximate surface area is 118 Å². The Kier molecular flexibility index (Phi) is 5.83. The number of hydrogen-bond acceptors (Lipinski definition) is 4. The van der Waals surface area contributed by atoms with Crippen LogP contribution >= 0.6 is 0 Å². The number of rotatable bonds is 10. The summed E-state index contributed by atoms with van der Waals surface area (Å²) in [7, 11) is 0. The first-order valence-corrected chi connectivity index (χ1v) is 7.00. The van der Waals surface area contributed by atoms with Crippen molar-refractivity contribution in [3.05, 3.63) is 29.8 Å². The van der Waals surface area contributed by atoms with Gasteiger partial charge >= 0.3 is 5.97 Å². The summed E-state index contributed by atoms with van der Waals surface area (Å²) in [6, 6.07) is 6.41. The molecule has 1 saturated carbocycles. The Morgan fingerprint density at radius 3 is 2.55 bits per heavy atom. The highest BCUT2D eigenvalue weighted by Gasteiger charge is 2.20. The quantitative estimate of drug-likeness (QED) is 0.639. The summed E-state index contributed by atoms with van der Waals surface area (Å²) >= 11 is 0. The fraction of sp³-hybridized carbons (Fsp3) is 0.533. The number of nitrogens with one attached hydrogen (secondary N) is 1. The number of benzene rings is 1. The summed E-state index contributed by atoms with van der Waals surface area (Å²) in [5, 5.41) is 12.0. The van der Waals surface area contributed by atoms with Gasteiger partial charge < -0.3 is 19.9 Å². The van der Waals surface area contributed by atoms with Crippen LogP contribution in [0.3, 0.4) is 0 Å². The first-order chi connectivity index (χ1) is 9.75. The van der Waals surface area contributed by atoms with E-state index in [2.05, 4.69) is 5.32 Å². The van der Waals surface area contributed by atoms with Crippen LogP contribution in [0.4, 0.5) is 0 Å². The number of carbonyl (C=O) groups is 1. The Balaban J connectivity index is 1.48. The van der Waals surface area contributed by atoms with Crippen molar-refractivity contribution in [1.82, 2.24) is 5.32 Å². The van der Waals surface area contributed by atoms with E-state index in [1.54, 1.807) is 12.1 Å². The molecular formula is C15H21NO4. The van der Waals surface area contributed by atoms with Gasteiger partial charge in [0.05, 0.1) is 12.2 Å². The second-order valence-electron chi connectivity index (χ2n) is 4.95. The Morgan fingerprint density at radius 2 is 1.90 bits per heavy atom.